The van der Waals surface area contributed by atoms with Crippen LogP contribution in [0.15, 0.2) is 21.0 Å². The van der Waals surface area contributed by atoms with E-state index in [-0.39, 0.29) is 5.69 Å². The molecule has 21 heavy (non-hydrogen) atoms. The molecule has 0 radical (unpaired) electrons. The van der Waals surface area contributed by atoms with E-state index in [2.05, 4.69) is 20.2 Å². The van der Waals surface area contributed by atoms with E-state index in [0.29, 0.717) is 41.6 Å². The second kappa shape index (κ2) is 7.23. The molecular weight excluding hydrogens is 292 g/mol. The van der Waals surface area contributed by atoms with Gasteiger partial charge in [-0.25, -0.2) is 19.9 Å². The van der Waals surface area contributed by atoms with Crippen molar-refractivity contribution in [1.29, 1.82) is 0 Å². The lowest BCUT2D eigenvalue weighted by Crippen LogP contribution is -2.17. The van der Waals surface area contributed by atoms with Crippen molar-refractivity contribution in [2.24, 2.45) is 0 Å². The van der Waals surface area contributed by atoms with Gasteiger partial charge in [0.15, 0.2) is 11.0 Å². The van der Waals surface area contributed by atoms with Gasteiger partial charge < -0.3 is 10.5 Å². The van der Waals surface area contributed by atoms with Gasteiger partial charge in [-0.3, -0.25) is 4.57 Å². The molecule has 0 amide bonds. The maximum atomic E-state index is 11.6. The Morgan fingerprint density at radius 2 is 2.24 bits per heavy atom. The Bertz CT molecular complexity index is 653. The van der Waals surface area contributed by atoms with Crippen LogP contribution < -0.4 is 11.4 Å². The lowest BCUT2D eigenvalue weighted by Gasteiger charge is -2.06. The number of ether oxygens (including phenoxy) is 1. The topological polar surface area (TPSA) is 112 Å². The number of hydrogen-bond donors (Lipinski definition) is 2. The average Bonchev–Trinajstić information content (AvgIpc) is 2.78. The molecule has 0 unspecified atom stereocenters. The predicted molar refractivity (Wildman–Crippen MR) is 79.0 cm³/mol. The van der Waals surface area contributed by atoms with Crippen molar-refractivity contribution in [3.05, 3.63) is 22.4 Å². The first kappa shape index (κ1) is 15.5. The van der Waals surface area contributed by atoms with Gasteiger partial charge in [0.2, 0.25) is 0 Å². The van der Waals surface area contributed by atoms with Gasteiger partial charge >= 0.3 is 5.69 Å². The van der Waals surface area contributed by atoms with Crippen LogP contribution in [0.5, 0.6) is 0 Å². The highest BCUT2D eigenvalue weighted by Gasteiger charge is 2.12. The normalized spacial score (nSPS) is 11.0. The zero-order chi connectivity index (χ0) is 15.2. The van der Waals surface area contributed by atoms with Crippen molar-refractivity contribution in [3.63, 3.8) is 0 Å². The van der Waals surface area contributed by atoms with E-state index < -0.39 is 0 Å². The molecule has 0 aliphatic carbocycles. The fraction of sp³-hybridized carbons (Fsp3) is 0.500. The molecule has 2 rings (SSSR count). The van der Waals surface area contributed by atoms with Gasteiger partial charge in [0.05, 0.1) is 0 Å². The second-order valence-corrected chi connectivity index (χ2v) is 5.24. The standard InChI is InChI=1S/C12H18N6O2S/c1-3-5-18-11(19)16-17-12(18)21-10-6-8(13)14-9(15-10)7-20-4-2/h6H,3-5,7H2,1-2H3,(H,16,19)(H2,13,14,15). The van der Waals surface area contributed by atoms with E-state index in [1.807, 2.05) is 13.8 Å². The van der Waals surface area contributed by atoms with Crippen molar-refractivity contribution in [2.45, 2.75) is 43.6 Å². The molecule has 8 nitrogen and oxygen atoms in total. The van der Waals surface area contributed by atoms with Crippen molar-refractivity contribution < 1.29 is 4.74 Å². The number of nitrogens with zero attached hydrogens (tertiary/aromatic N) is 4. The third-order valence-corrected chi connectivity index (χ3v) is 3.48. The number of nitrogen functional groups attached to an aromatic ring is 1. The van der Waals surface area contributed by atoms with E-state index in [4.69, 9.17) is 10.5 Å². The predicted octanol–water partition coefficient (Wildman–Crippen LogP) is 1.04. The van der Waals surface area contributed by atoms with Gasteiger partial charge in [-0.1, -0.05) is 6.92 Å². The highest BCUT2D eigenvalue weighted by molar-refractivity contribution is 7.99. The van der Waals surface area contributed by atoms with Crippen LogP contribution in [0.3, 0.4) is 0 Å². The molecule has 0 fully saturated rings. The summed E-state index contributed by atoms with van der Waals surface area (Å²) < 4.78 is 6.85. The molecule has 0 aromatic carbocycles. The third kappa shape index (κ3) is 4.05. The number of H-pyrrole nitrogens is 1. The minimum absolute atomic E-state index is 0.226. The Balaban J connectivity index is 2.23. The third-order valence-electron chi connectivity index (χ3n) is 2.57. The quantitative estimate of drug-likeness (QED) is 0.735. The van der Waals surface area contributed by atoms with Crippen molar-refractivity contribution in [1.82, 2.24) is 24.7 Å². The summed E-state index contributed by atoms with van der Waals surface area (Å²) >= 11 is 1.27. The first-order valence-electron chi connectivity index (χ1n) is 6.68. The maximum absolute atomic E-state index is 11.6. The van der Waals surface area contributed by atoms with E-state index in [1.54, 1.807) is 10.6 Å². The fourth-order valence-corrected chi connectivity index (χ4v) is 2.59. The highest BCUT2D eigenvalue weighted by atomic mass is 32.2. The number of aromatic nitrogens is 5. The van der Waals surface area contributed by atoms with Gasteiger partial charge in [0.25, 0.3) is 0 Å². The van der Waals surface area contributed by atoms with Gasteiger partial charge in [0.1, 0.15) is 17.5 Å². The Morgan fingerprint density at radius 1 is 1.43 bits per heavy atom. The van der Waals surface area contributed by atoms with Crippen molar-refractivity contribution >= 4 is 17.6 Å². The molecule has 114 valence electrons. The largest absolute Gasteiger partial charge is 0.384 e. The van der Waals surface area contributed by atoms with E-state index >= 15 is 0 Å². The number of nitrogens with one attached hydrogen (secondary N) is 1. The Labute approximate surface area is 126 Å². The summed E-state index contributed by atoms with van der Waals surface area (Å²) in [5, 5.41) is 7.64. The molecule has 0 aliphatic rings. The first-order valence-corrected chi connectivity index (χ1v) is 7.50. The molecule has 0 saturated carbocycles. The van der Waals surface area contributed by atoms with Gasteiger partial charge in [-0.05, 0) is 25.1 Å². The molecule has 0 atom stereocenters. The smallest absolute Gasteiger partial charge is 0.343 e. The number of aromatic amines is 1. The molecule has 0 spiro atoms. The minimum Gasteiger partial charge on any atom is -0.384 e. The van der Waals surface area contributed by atoms with Crippen LogP contribution in [-0.4, -0.2) is 31.3 Å². The summed E-state index contributed by atoms with van der Waals surface area (Å²) in [6.07, 6.45) is 0.842. The van der Waals surface area contributed by atoms with E-state index in [9.17, 15) is 4.79 Å². The van der Waals surface area contributed by atoms with E-state index in [0.717, 1.165) is 6.42 Å². The lowest BCUT2D eigenvalue weighted by molar-refractivity contribution is 0.128. The van der Waals surface area contributed by atoms with Crippen molar-refractivity contribution in [3.8, 4) is 0 Å². The zero-order valence-corrected chi connectivity index (χ0v) is 12.8. The second-order valence-electron chi connectivity index (χ2n) is 4.25. The van der Waals surface area contributed by atoms with Crippen LogP contribution >= 0.6 is 11.8 Å². The molecule has 0 saturated heterocycles. The number of nitrogens with two attached hydrogens (primary N) is 1. The van der Waals surface area contributed by atoms with Gasteiger partial charge in [-0.15, -0.1) is 5.10 Å². The average molecular weight is 310 g/mol. The molecule has 3 N–H and O–H groups in total. The fourth-order valence-electron chi connectivity index (χ4n) is 1.70. The monoisotopic (exact) mass is 310 g/mol. The summed E-state index contributed by atoms with van der Waals surface area (Å²) in [6, 6.07) is 1.65. The zero-order valence-electron chi connectivity index (χ0n) is 12.0. The van der Waals surface area contributed by atoms with Crippen LogP contribution in [0, 0.1) is 0 Å². The van der Waals surface area contributed by atoms with Gasteiger partial charge in [-0.2, -0.15) is 0 Å². The first-order chi connectivity index (χ1) is 10.1. The number of hydrogen-bond acceptors (Lipinski definition) is 7. The summed E-state index contributed by atoms with van der Waals surface area (Å²) in [6.45, 7) is 5.38. The summed E-state index contributed by atoms with van der Waals surface area (Å²) in [7, 11) is 0. The number of rotatable bonds is 7. The van der Waals surface area contributed by atoms with Crippen molar-refractivity contribution in [2.75, 3.05) is 12.3 Å². The molecule has 0 bridgehead atoms. The van der Waals surface area contributed by atoms with Crippen LogP contribution in [0.2, 0.25) is 0 Å². The van der Waals surface area contributed by atoms with Crippen LogP contribution in [0.25, 0.3) is 0 Å². The SMILES string of the molecule is CCCn1c(Sc2cc(N)nc(COCC)n2)n[nH]c1=O. The van der Waals surface area contributed by atoms with E-state index in [1.165, 1.54) is 11.8 Å². The Morgan fingerprint density at radius 3 is 2.95 bits per heavy atom. The summed E-state index contributed by atoms with van der Waals surface area (Å²) in [5.74, 6) is 0.876. The molecule has 9 heteroatoms. The molecule has 2 aromatic heterocycles. The lowest BCUT2D eigenvalue weighted by atomic mass is 10.5. The molecule has 2 aromatic rings. The Hall–Kier alpha value is -1.87. The summed E-state index contributed by atoms with van der Waals surface area (Å²) in [5.41, 5.74) is 5.54. The highest BCUT2D eigenvalue weighted by Crippen LogP contribution is 2.24. The molecule has 2 heterocycles. The molecular formula is C12H18N6O2S. The van der Waals surface area contributed by atoms with Crippen LogP contribution in [-0.2, 0) is 17.9 Å². The summed E-state index contributed by atoms with van der Waals surface area (Å²) in [4.78, 5) is 20.1. The van der Waals surface area contributed by atoms with Crippen LogP contribution in [0.4, 0.5) is 5.82 Å². The van der Waals surface area contributed by atoms with Crippen LogP contribution in [0.1, 0.15) is 26.1 Å². The number of anilines is 1. The maximum Gasteiger partial charge on any atom is 0.343 e. The minimum atomic E-state index is -0.226. The molecule has 0 aliphatic heterocycles. The van der Waals surface area contributed by atoms with Gasteiger partial charge in [0, 0.05) is 19.2 Å². The Kier molecular flexibility index (Phi) is 5.34.